The Morgan fingerprint density at radius 3 is 2.50 bits per heavy atom. The van der Waals surface area contributed by atoms with E-state index in [-0.39, 0.29) is 6.04 Å². The quantitative estimate of drug-likeness (QED) is 0.645. The Labute approximate surface area is 84.9 Å². The molecule has 0 fully saturated rings. The molecule has 0 spiro atoms. The number of benzene rings is 1. The van der Waals surface area contributed by atoms with Crippen LogP contribution in [0.15, 0.2) is 30.3 Å². The van der Waals surface area contributed by atoms with Crippen LogP contribution in [0.5, 0.6) is 0 Å². The van der Waals surface area contributed by atoms with Crippen LogP contribution in [-0.2, 0) is 0 Å². The Balaban J connectivity index is 2.32. The van der Waals surface area contributed by atoms with Crippen LogP contribution in [0.1, 0.15) is 18.6 Å². The van der Waals surface area contributed by atoms with Crippen molar-refractivity contribution in [3.05, 3.63) is 35.9 Å². The first-order valence-electron chi connectivity index (χ1n) is 4.89. The van der Waals surface area contributed by atoms with Gasteiger partial charge in [-0.3, -0.25) is 0 Å². The summed E-state index contributed by atoms with van der Waals surface area (Å²) in [6, 6.07) is 9.73. The van der Waals surface area contributed by atoms with Gasteiger partial charge in [0.25, 0.3) is 0 Å². The summed E-state index contributed by atoms with van der Waals surface area (Å²) < 4.78 is 0. The molecule has 0 aromatic heterocycles. The Kier molecular flexibility index (Phi) is 4.59. The van der Waals surface area contributed by atoms with Crippen LogP contribution in [0, 0.1) is 0 Å². The molecule has 2 atom stereocenters. The maximum Gasteiger partial charge on any atom is 0.0914 e. The Bertz CT molecular complexity index is 249. The third-order valence-electron chi connectivity index (χ3n) is 1.99. The Hall–Kier alpha value is -0.900. The molecule has 78 valence electrons. The number of rotatable bonds is 5. The minimum absolute atomic E-state index is 0.123. The normalized spacial score (nSPS) is 15.1. The van der Waals surface area contributed by atoms with Crippen molar-refractivity contribution in [1.29, 1.82) is 0 Å². The van der Waals surface area contributed by atoms with Crippen molar-refractivity contribution in [1.82, 2.24) is 5.32 Å². The fourth-order valence-corrected chi connectivity index (χ4v) is 1.24. The van der Waals surface area contributed by atoms with Gasteiger partial charge in [-0.05, 0) is 12.5 Å². The molecule has 0 radical (unpaired) electrons. The molecular formula is C11H18N2O. The Morgan fingerprint density at radius 1 is 1.29 bits per heavy atom. The van der Waals surface area contributed by atoms with Gasteiger partial charge < -0.3 is 16.2 Å². The third kappa shape index (κ3) is 3.87. The standard InChI is InChI=1S/C11H18N2O/c1-9(12)7-13-8-11(14)10-5-3-2-4-6-10/h2-6,9,11,13-14H,7-8,12H2,1H3. The molecule has 4 N–H and O–H groups in total. The number of aliphatic hydroxyl groups is 1. The van der Waals surface area contributed by atoms with Gasteiger partial charge in [-0.25, -0.2) is 0 Å². The molecule has 0 aliphatic heterocycles. The van der Waals surface area contributed by atoms with Crippen LogP contribution in [0.25, 0.3) is 0 Å². The van der Waals surface area contributed by atoms with Gasteiger partial charge in [0, 0.05) is 19.1 Å². The van der Waals surface area contributed by atoms with E-state index < -0.39 is 6.10 Å². The molecule has 1 aromatic carbocycles. The monoisotopic (exact) mass is 194 g/mol. The lowest BCUT2D eigenvalue weighted by atomic mass is 10.1. The lowest BCUT2D eigenvalue weighted by Gasteiger charge is -2.13. The minimum atomic E-state index is -0.449. The molecule has 0 heterocycles. The zero-order valence-corrected chi connectivity index (χ0v) is 8.48. The van der Waals surface area contributed by atoms with E-state index in [4.69, 9.17) is 5.73 Å². The molecule has 0 bridgehead atoms. The topological polar surface area (TPSA) is 58.3 Å². The van der Waals surface area contributed by atoms with Crippen molar-refractivity contribution in [2.45, 2.75) is 19.1 Å². The highest BCUT2D eigenvalue weighted by molar-refractivity contribution is 5.17. The van der Waals surface area contributed by atoms with Gasteiger partial charge in [-0.1, -0.05) is 30.3 Å². The van der Waals surface area contributed by atoms with E-state index in [9.17, 15) is 5.11 Å². The largest absolute Gasteiger partial charge is 0.387 e. The molecule has 0 aliphatic carbocycles. The fraction of sp³-hybridized carbons (Fsp3) is 0.455. The number of hydrogen-bond acceptors (Lipinski definition) is 3. The minimum Gasteiger partial charge on any atom is -0.387 e. The predicted molar refractivity (Wildman–Crippen MR) is 57.9 cm³/mol. The molecule has 3 heteroatoms. The number of nitrogens with two attached hydrogens (primary N) is 1. The van der Waals surface area contributed by atoms with Crippen LogP contribution in [0.4, 0.5) is 0 Å². The van der Waals surface area contributed by atoms with E-state index >= 15 is 0 Å². The first kappa shape index (κ1) is 11.2. The Morgan fingerprint density at radius 2 is 1.93 bits per heavy atom. The van der Waals surface area contributed by atoms with Crippen LogP contribution >= 0.6 is 0 Å². The van der Waals surface area contributed by atoms with Crippen LogP contribution in [0.3, 0.4) is 0 Å². The van der Waals surface area contributed by atoms with Crippen molar-refractivity contribution < 1.29 is 5.11 Å². The van der Waals surface area contributed by atoms with Gasteiger partial charge in [0.2, 0.25) is 0 Å². The SMILES string of the molecule is CC(N)CNCC(O)c1ccccc1. The second kappa shape index (κ2) is 5.75. The maximum atomic E-state index is 9.73. The fourth-order valence-electron chi connectivity index (χ4n) is 1.24. The first-order chi connectivity index (χ1) is 6.70. The summed E-state index contributed by atoms with van der Waals surface area (Å²) in [4.78, 5) is 0. The van der Waals surface area contributed by atoms with E-state index in [1.807, 2.05) is 37.3 Å². The van der Waals surface area contributed by atoms with E-state index in [1.54, 1.807) is 0 Å². The number of nitrogens with one attached hydrogen (secondary N) is 1. The van der Waals surface area contributed by atoms with Gasteiger partial charge in [-0.2, -0.15) is 0 Å². The molecule has 2 unspecified atom stereocenters. The maximum absolute atomic E-state index is 9.73. The first-order valence-corrected chi connectivity index (χ1v) is 4.89. The molecule has 1 rings (SSSR count). The lowest BCUT2D eigenvalue weighted by molar-refractivity contribution is 0.174. The third-order valence-corrected chi connectivity index (χ3v) is 1.99. The second-order valence-electron chi connectivity index (χ2n) is 3.56. The number of hydrogen-bond donors (Lipinski definition) is 3. The van der Waals surface area contributed by atoms with Crippen molar-refractivity contribution in [3.63, 3.8) is 0 Å². The zero-order chi connectivity index (χ0) is 10.4. The number of aliphatic hydroxyl groups excluding tert-OH is 1. The summed E-state index contributed by atoms with van der Waals surface area (Å²) in [6.45, 7) is 3.21. The summed E-state index contributed by atoms with van der Waals surface area (Å²) >= 11 is 0. The molecule has 14 heavy (non-hydrogen) atoms. The van der Waals surface area contributed by atoms with Gasteiger partial charge in [0.15, 0.2) is 0 Å². The van der Waals surface area contributed by atoms with E-state index in [2.05, 4.69) is 5.32 Å². The van der Waals surface area contributed by atoms with Crippen LogP contribution < -0.4 is 11.1 Å². The summed E-state index contributed by atoms with van der Waals surface area (Å²) in [5.74, 6) is 0. The molecule has 0 amide bonds. The van der Waals surface area contributed by atoms with Gasteiger partial charge in [0.05, 0.1) is 6.10 Å². The average molecular weight is 194 g/mol. The highest BCUT2D eigenvalue weighted by atomic mass is 16.3. The second-order valence-corrected chi connectivity index (χ2v) is 3.56. The van der Waals surface area contributed by atoms with Crippen molar-refractivity contribution >= 4 is 0 Å². The zero-order valence-electron chi connectivity index (χ0n) is 8.48. The van der Waals surface area contributed by atoms with Crippen LogP contribution in [-0.4, -0.2) is 24.2 Å². The summed E-state index contributed by atoms with van der Waals surface area (Å²) in [5.41, 5.74) is 6.51. The molecular weight excluding hydrogens is 176 g/mol. The molecule has 0 aliphatic rings. The smallest absolute Gasteiger partial charge is 0.0914 e. The summed E-state index contributed by atoms with van der Waals surface area (Å²) in [6.07, 6.45) is -0.449. The summed E-state index contributed by atoms with van der Waals surface area (Å²) in [5, 5.41) is 12.8. The van der Waals surface area contributed by atoms with Crippen molar-refractivity contribution in [2.75, 3.05) is 13.1 Å². The molecule has 1 aromatic rings. The van der Waals surface area contributed by atoms with E-state index in [0.717, 1.165) is 12.1 Å². The van der Waals surface area contributed by atoms with Crippen molar-refractivity contribution in [3.8, 4) is 0 Å². The van der Waals surface area contributed by atoms with E-state index in [0.29, 0.717) is 6.54 Å². The highest BCUT2D eigenvalue weighted by Gasteiger charge is 2.05. The van der Waals surface area contributed by atoms with Gasteiger partial charge in [0.1, 0.15) is 0 Å². The van der Waals surface area contributed by atoms with Crippen molar-refractivity contribution in [2.24, 2.45) is 5.73 Å². The predicted octanol–water partition coefficient (Wildman–Crippen LogP) is 0.657. The summed E-state index contributed by atoms with van der Waals surface area (Å²) in [7, 11) is 0. The van der Waals surface area contributed by atoms with Crippen LogP contribution in [0.2, 0.25) is 0 Å². The van der Waals surface area contributed by atoms with Gasteiger partial charge in [-0.15, -0.1) is 0 Å². The molecule has 3 nitrogen and oxygen atoms in total. The van der Waals surface area contributed by atoms with Gasteiger partial charge >= 0.3 is 0 Å². The van der Waals surface area contributed by atoms with E-state index in [1.165, 1.54) is 0 Å². The lowest BCUT2D eigenvalue weighted by Crippen LogP contribution is -2.33. The average Bonchev–Trinajstić information content (AvgIpc) is 2.18. The highest BCUT2D eigenvalue weighted by Crippen LogP contribution is 2.10. The molecule has 0 saturated heterocycles. The molecule has 0 saturated carbocycles.